The molecule has 1 fully saturated rings. The number of nitrogens with zero attached hydrogens (tertiary/aromatic N) is 5. The van der Waals surface area contributed by atoms with Crippen LogP contribution in [0, 0.1) is 11.7 Å². The van der Waals surface area contributed by atoms with Crippen molar-refractivity contribution in [1.29, 1.82) is 0 Å². The number of imidazole rings is 1. The molecule has 3 heterocycles. The molecule has 0 spiro atoms. The molecule has 0 bridgehead atoms. The van der Waals surface area contributed by atoms with Crippen molar-refractivity contribution in [1.82, 2.24) is 24.4 Å². The Labute approximate surface area is 212 Å². The summed E-state index contributed by atoms with van der Waals surface area (Å²) in [6, 6.07) is 8.13. The third kappa shape index (κ3) is 5.58. The first-order valence-electron chi connectivity index (χ1n) is 12.9. The number of aromatic nitrogens is 3. The Kier molecular flexibility index (Phi) is 7.71. The van der Waals surface area contributed by atoms with Crippen molar-refractivity contribution in [3.05, 3.63) is 53.6 Å². The van der Waals surface area contributed by atoms with Crippen molar-refractivity contribution in [3.63, 3.8) is 0 Å². The van der Waals surface area contributed by atoms with Crippen LogP contribution in [-0.2, 0) is 4.79 Å². The van der Waals surface area contributed by atoms with Gasteiger partial charge in [-0.3, -0.25) is 9.59 Å². The van der Waals surface area contributed by atoms with E-state index in [1.165, 1.54) is 12.1 Å². The number of amides is 2. The number of rotatable bonds is 7. The second kappa shape index (κ2) is 10.8. The van der Waals surface area contributed by atoms with Crippen molar-refractivity contribution in [2.24, 2.45) is 5.92 Å². The molecule has 0 N–H and O–H groups in total. The maximum absolute atomic E-state index is 13.4. The highest BCUT2D eigenvalue weighted by Crippen LogP contribution is 2.26. The summed E-state index contributed by atoms with van der Waals surface area (Å²) < 4.78 is 15.1. The van der Waals surface area contributed by atoms with Crippen molar-refractivity contribution in [2.45, 2.75) is 65.8 Å². The monoisotopic (exact) mass is 493 g/mol. The van der Waals surface area contributed by atoms with Crippen molar-refractivity contribution >= 4 is 17.5 Å². The van der Waals surface area contributed by atoms with Gasteiger partial charge in [-0.05, 0) is 55.5 Å². The molecule has 4 rings (SSSR count). The van der Waals surface area contributed by atoms with Crippen LogP contribution in [0.5, 0.6) is 0 Å². The third-order valence-corrected chi connectivity index (χ3v) is 6.84. The maximum Gasteiger partial charge on any atom is 0.274 e. The first-order chi connectivity index (χ1) is 17.1. The van der Waals surface area contributed by atoms with E-state index in [0.717, 1.165) is 24.0 Å². The molecule has 192 valence electrons. The van der Waals surface area contributed by atoms with Crippen molar-refractivity contribution < 1.29 is 14.0 Å². The van der Waals surface area contributed by atoms with Crippen LogP contribution in [-0.4, -0.2) is 61.9 Å². The summed E-state index contributed by atoms with van der Waals surface area (Å²) >= 11 is 0. The van der Waals surface area contributed by atoms with Gasteiger partial charge < -0.3 is 9.80 Å². The zero-order valence-electron chi connectivity index (χ0n) is 21.9. The molecule has 0 aliphatic carbocycles. The van der Waals surface area contributed by atoms with Gasteiger partial charge in [0.2, 0.25) is 5.91 Å². The second-order valence-corrected chi connectivity index (χ2v) is 10.5. The number of benzene rings is 1. The van der Waals surface area contributed by atoms with E-state index in [9.17, 15) is 14.0 Å². The van der Waals surface area contributed by atoms with E-state index in [1.54, 1.807) is 27.7 Å². The molecular weight excluding hydrogens is 457 g/mol. The lowest BCUT2D eigenvalue weighted by atomic mass is 10.0. The summed E-state index contributed by atoms with van der Waals surface area (Å²) in [6.45, 7) is 12.0. The Morgan fingerprint density at radius 2 is 1.83 bits per heavy atom. The van der Waals surface area contributed by atoms with E-state index < -0.39 is 0 Å². The average molecular weight is 494 g/mol. The molecule has 0 unspecified atom stereocenters. The lowest BCUT2D eigenvalue weighted by Crippen LogP contribution is -2.55. The summed E-state index contributed by atoms with van der Waals surface area (Å²) in [5, 5.41) is 4.67. The van der Waals surface area contributed by atoms with Crippen LogP contribution < -0.4 is 0 Å². The lowest BCUT2D eigenvalue weighted by Gasteiger charge is -2.39. The first kappa shape index (κ1) is 25.8. The maximum atomic E-state index is 13.4. The minimum absolute atomic E-state index is 0.0410. The summed E-state index contributed by atoms with van der Waals surface area (Å²) in [7, 11) is 0. The fraction of sp³-hybridized carbons (Fsp3) is 0.500. The van der Waals surface area contributed by atoms with Crippen LogP contribution in [0.2, 0.25) is 0 Å². The number of piperazine rings is 1. The Morgan fingerprint density at radius 3 is 2.47 bits per heavy atom. The van der Waals surface area contributed by atoms with Gasteiger partial charge in [0.25, 0.3) is 5.91 Å². The normalized spacial score (nSPS) is 16.4. The molecule has 8 heteroatoms. The molecule has 2 amide bonds. The van der Waals surface area contributed by atoms with Gasteiger partial charge >= 0.3 is 0 Å². The van der Waals surface area contributed by atoms with Gasteiger partial charge in [-0.2, -0.15) is 5.10 Å². The minimum atomic E-state index is -0.300. The van der Waals surface area contributed by atoms with Crippen LogP contribution in [0.1, 0.15) is 75.9 Å². The topological polar surface area (TPSA) is 70.8 Å². The molecule has 36 heavy (non-hydrogen) atoms. The van der Waals surface area contributed by atoms with Crippen LogP contribution in [0.25, 0.3) is 16.9 Å². The quantitative estimate of drug-likeness (QED) is 0.456. The molecule has 1 saturated heterocycles. The van der Waals surface area contributed by atoms with Crippen LogP contribution in [0.3, 0.4) is 0 Å². The van der Waals surface area contributed by atoms with Gasteiger partial charge in [0.1, 0.15) is 11.5 Å². The van der Waals surface area contributed by atoms with Crippen LogP contribution in [0.4, 0.5) is 4.39 Å². The zero-order chi connectivity index (χ0) is 26.0. The van der Waals surface area contributed by atoms with Crippen LogP contribution >= 0.6 is 0 Å². The summed E-state index contributed by atoms with van der Waals surface area (Å²) in [4.78, 5) is 34.4. The number of fused-ring (bicyclic) bond motifs is 1. The van der Waals surface area contributed by atoms with Gasteiger partial charge in [-0.1, -0.05) is 34.1 Å². The number of halogens is 1. The molecular formula is C28H36FN5O2. The molecule has 1 aromatic carbocycles. The molecule has 2 aromatic heterocycles. The van der Waals surface area contributed by atoms with E-state index in [0.29, 0.717) is 49.0 Å². The van der Waals surface area contributed by atoms with E-state index in [-0.39, 0.29) is 29.6 Å². The number of hydrogen-bond donors (Lipinski definition) is 0. The Morgan fingerprint density at radius 1 is 1.11 bits per heavy atom. The van der Waals surface area contributed by atoms with Gasteiger partial charge in [0.15, 0.2) is 5.65 Å². The van der Waals surface area contributed by atoms with E-state index in [1.807, 2.05) is 17.9 Å². The smallest absolute Gasteiger partial charge is 0.274 e. The number of hydrogen-bond acceptors (Lipinski definition) is 4. The highest BCUT2D eigenvalue weighted by Gasteiger charge is 2.31. The molecule has 0 saturated carbocycles. The van der Waals surface area contributed by atoms with Gasteiger partial charge in [-0.15, -0.1) is 0 Å². The van der Waals surface area contributed by atoms with E-state index in [2.05, 4.69) is 37.8 Å². The lowest BCUT2D eigenvalue weighted by molar-refractivity contribution is -0.135. The fourth-order valence-corrected chi connectivity index (χ4v) is 4.77. The molecule has 7 nitrogen and oxygen atoms in total. The predicted octanol–water partition coefficient (Wildman–Crippen LogP) is 5.16. The first-order valence-corrected chi connectivity index (χ1v) is 12.9. The highest BCUT2D eigenvalue weighted by atomic mass is 19.1. The summed E-state index contributed by atoms with van der Waals surface area (Å²) in [6.07, 6.45) is 4.17. The number of carbonyl (C=O) groups is 2. The molecule has 1 aliphatic heterocycles. The average Bonchev–Trinajstić information content (AvgIpc) is 3.27. The second-order valence-electron chi connectivity index (χ2n) is 10.5. The molecule has 1 aliphatic rings. The fourth-order valence-electron chi connectivity index (χ4n) is 4.77. The van der Waals surface area contributed by atoms with Crippen LogP contribution in [0.15, 0.2) is 36.5 Å². The largest absolute Gasteiger partial charge is 0.336 e. The summed E-state index contributed by atoms with van der Waals surface area (Å²) in [5.41, 5.74) is 3.44. The third-order valence-electron chi connectivity index (χ3n) is 6.84. The minimum Gasteiger partial charge on any atom is -0.336 e. The standard InChI is InChI=1S/C28H36FN5O2/c1-18(2)7-6-8-26(35)33-14-13-32(16-20(33)5)28(36)25-17-34-27(30-25)23(19(3)4)15-24(31-34)21-9-11-22(29)12-10-21/h9-12,15,17-20H,6-8,13-14,16H2,1-5H3/t20-/m0/s1. The van der Waals surface area contributed by atoms with Gasteiger partial charge in [0.05, 0.1) is 11.9 Å². The SMILES string of the molecule is CC(C)CCCC(=O)N1CCN(C(=O)c2cn3nc(-c4ccc(F)cc4)cc(C(C)C)c3n2)C[C@@H]1C. The Hall–Kier alpha value is -3.29. The predicted molar refractivity (Wildman–Crippen MR) is 138 cm³/mol. The molecule has 1 atom stereocenters. The molecule has 0 radical (unpaired) electrons. The summed E-state index contributed by atoms with van der Waals surface area (Å²) in [5.74, 6) is 0.461. The van der Waals surface area contributed by atoms with E-state index in [4.69, 9.17) is 0 Å². The highest BCUT2D eigenvalue weighted by molar-refractivity contribution is 5.93. The zero-order valence-corrected chi connectivity index (χ0v) is 21.9. The van der Waals surface area contributed by atoms with E-state index >= 15 is 0 Å². The Balaban J connectivity index is 1.52. The molecule has 3 aromatic rings. The van der Waals surface area contributed by atoms with Gasteiger partial charge in [-0.25, -0.2) is 13.9 Å². The van der Waals surface area contributed by atoms with Crippen molar-refractivity contribution in [3.8, 4) is 11.3 Å². The van der Waals surface area contributed by atoms with Gasteiger partial charge in [0, 0.05) is 43.2 Å². The Bertz CT molecular complexity index is 1230. The van der Waals surface area contributed by atoms with Crippen molar-refractivity contribution in [2.75, 3.05) is 19.6 Å². The number of carbonyl (C=O) groups excluding carboxylic acids is 2.